The standard InChI is InChI=1S/C26H27N4PS/c1-19-14-16-20(17-15-19)28-31(32)24(18-27-30(31)21-10-6-5-7-11-21)25-26(2,3)22-12-8-9-13-23(22)29(25)4/h5-18H,1-4H3,(H,28,32)/b25-24+. The Bertz CT molecular complexity index is 1280. The first kappa shape index (κ1) is 21.0. The van der Waals surface area contributed by atoms with Crippen molar-refractivity contribution >= 4 is 41.4 Å². The summed E-state index contributed by atoms with van der Waals surface area (Å²) < 4.78 is 2.03. The molecule has 2 aliphatic rings. The summed E-state index contributed by atoms with van der Waals surface area (Å²) in [7, 11) is 2.14. The van der Waals surface area contributed by atoms with Crippen molar-refractivity contribution in [2.24, 2.45) is 5.10 Å². The largest absolute Gasteiger partial charge is 0.346 e. The van der Waals surface area contributed by atoms with Gasteiger partial charge in [-0.15, -0.1) is 0 Å². The lowest BCUT2D eigenvalue weighted by atomic mass is 9.84. The summed E-state index contributed by atoms with van der Waals surface area (Å²) in [5, 5.41) is 9.71. The zero-order valence-electron chi connectivity index (χ0n) is 18.8. The first-order chi connectivity index (χ1) is 15.3. The molecule has 0 bridgehead atoms. The van der Waals surface area contributed by atoms with Gasteiger partial charge in [0.05, 0.1) is 17.2 Å². The lowest BCUT2D eigenvalue weighted by Crippen LogP contribution is -2.26. The molecule has 0 spiro atoms. The van der Waals surface area contributed by atoms with Crippen molar-refractivity contribution in [3.8, 4) is 0 Å². The molecule has 0 amide bonds. The van der Waals surface area contributed by atoms with Gasteiger partial charge in [0.2, 0.25) is 0 Å². The Labute approximate surface area is 195 Å². The number of allylic oxidation sites excluding steroid dienone is 2. The van der Waals surface area contributed by atoms with Gasteiger partial charge in [-0.1, -0.05) is 67.9 Å². The molecule has 162 valence electrons. The van der Waals surface area contributed by atoms with E-state index in [1.807, 2.05) is 29.2 Å². The van der Waals surface area contributed by atoms with Gasteiger partial charge in [0, 0.05) is 29.5 Å². The number of aryl methyl sites for hydroxylation is 1. The average molecular weight is 459 g/mol. The van der Waals surface area contributed by atoms with Crippen LogP contribution in [0.4, 0.5) is 17.1 Å². The molecular formula is C26H27N4PS. The molecule has 3 aromatic rings. The van der Waals surface area contributed by atoms with Crippen LogP contribution in [-0.4, -0.2) is 13.3 Å². The van der Waals surface area contributed by atoms with E-state index >= 15 is 0 Å². The predicted molar refractivity (Wildman–Crippen MR) is 141 cm³/mol. The Morgan fingerprint density at radius 2 is 1.56 bits per heavy atom. The minimum absolute atomic E-state index is 0.182. The van der Waals surface area contributed by atoms with E-state index in [0.29, 0.717) is 0 Å². The Morgan fingerprint density at radius 1 is 0.906 bits per heavy atom. The monoisotopic (exact) mass is 458 g/mol. The van der Waals surface area contributed by atoms with E-state index in [1.54, 1.807) is 0 Å². The summed E-state index contributed by atoms with van der Waals surface area (Å²) in [5.74, 6) is 0. The molecule has 0 saturated carbocycles. The first-order valence-electron chi connectivity index (χ1n) is 10.8. The third-order valence-corrected chi connectivity index (χ3v) is 10.0. The fourth-order valence-corrected chi connectivity index (χ4v) is 8.35. The molecule has 1 atom stereocenters. The second kappa shape index (κ2) is 7.61. The Hall–Kier alpha value is -2.88. The normalized spacial score (nSPS) is 23.5. The van der Waals surface area contributed by atoms with Crippen LogP contribution in [-0.2, 0) is 17.2 Å². The number of hydrogen-bond donors (Lipinski definition) is 1. The van der Waals surface area contributed by atoms with Crippen molar-refractivity contribution in [2.75, 3.05) is 21.8 Å². The van der Waals surface area contributed by atoms with Gasteiger partial charge < -0.3 is 9.99 Å². The van der Waals surface area contributed by atoms with Gasteiger partial charge in [-0.05, 0) is 54.6 Å². The van der Waals surface area contributed by atoms with E-state index in [9.17, 15) is 0 Å². The highest BCUT2D eigenvalue weighted by Crippen LogP contribution is 2.65. The lowest BCUT2D eigenvalue weighted by molar-refractivity contribution is 0.640. The van der Waals surface area contributed by atoms with Gasteiger partial charge in [0.1, 0.15) is 0 Å². The highest BCUT2D eigenvalue weighted by molar-refractivity contribution is 8.18. The number of anilines is 3. The molecule has 32 heavy (non-hydrogen) atoms. The van der Waals surface area contributed by atoms with E-state index in [1.165, 1.54) is 22.5 Å². The number of para-hydroxylation sites is 2. The van der Waals surface area contributed by atoms with Crippen molar-refractivity contribution < 1.29 is 0 Å². The van der Waals surface area contributed by atoms with E-state index in [-0.39, 0.29) is 5.41 Å². The molecule has 5 rings (SSSR count). The summed E-state index contributed by atoms with van der Waals surface area (Å²) in [5.41, 5.74) is 6.80. The van der Waals surface area contributed by atoms with Gasteiger partial charge in [-0.3, -0.25) is 0 Å². The molecule has 3 aromatic carbocycles. The van der Waals surface area contributed by atoms with Crippen LogP contribution in [0.3, 0.4) is 0 Å². The number of hydrogen-bond acceptors (Lipinski definition) is 3. The van der Waals surface area contributed by atoms with Gasteiger partial charge in [0.25, 0.3) is 0 Å². The van der Waals surface area contributed by atoms with Gasteiger partial charge in [-0.25, -0.2) is 4.78 Å². The highest BCUT2D eigenvalue weighted by Gasteiger charge is 2.46. The molecule has 1 N–H and O–H groups in total. The molecule has 0 aliphatic carbocycles. The predicted octanol–water partition coefficient (Wildman–Crippen LogP) is 6.86. The second-order valence-corrected chi connectivity index (χ2v) is 12.7. The number of nitrogens with one attached hydrogen (secondary N) is 1. The van der Waals surface area contributed by atoms with Crippen LogP contribution in [0, 0.1) is 6.92 Å². The smallest absolute Gasteiger partial charge is 0.174 e. The van der Waals surface area contributed by atoms with Gasteiger partial charge in [-0.2, -0.15) is 5.10 Å². The minimum atomic E-state index is -2.51. The van der Waals surface area contributed by atoms with E-state index in [2.05, 4.69) is 98.5 Å². The third-order valence-electron chi connectivity index (χ3n) is 6.31. The molecule has 6 heteroatoms. The molecule has 0 aromatic heterocycles. The maximum absolute atomic E-state index is 6.53. The molecule has 2 aliphatic heterocycles. The molecule has 0 fully saturated rings. The first-order valence-corrected chi connectivity index (χ1v) is 13.5. The molecule has 0 saturated heterocycles. The lowest BCUT2D eigenvalue weighted by Gasteiger charge is -2.34. The second-order valence-electron chi connectivity index (χ2n) is 8.86. The zero-order valence-corrected chi connectivity index (χ0v) is 20.5. The Balaban J connectivity index is 1.70. The fraction of sp³-hybridized carbons (Fsp3) is 0.192. The topological polar surface area (TPSA) is 30.9 Å². The van der Waals surface area contributed by atoms with Crippen LogP contribution >= 0.6 is 6.34 Å². The van der Waals surface area contributed by atoms with E-state index in [0.717, 1.165) is 16.7 Å². The van der Waals surface area contributed by atoms with Crippen LogP contribution < -0.4 is 14.8 Å². The van der Waals surface area contributed by atoms with Crippen LogP contribution in [0.25, 0.3) is 0 Å². The number of fused-ring (bicyclic) bond motifs is 1. The molecule has 1 unspecified atom stereocenters. The number of hydrazone groups is 1. The van der Waals surface area contributed by atoms with Crippen LogP contribution in [0.15, 0.2) is 95.0 Å². The Morgan fingerprint density at radius 3 is 2.25 bits per heavy atom. The zero-order chi connectivity index (χ0) is 22.5. The summed E-state index contributed by atoms with van der Waals surface area (Å²) in [6, 6.07) is 27.3. The van der Waals surface area contributed by atoms with Crippen molar-refractivity contribution in [1.82, 2.24) is 0 Å². The van der Waals surface area contributed by atoms with Gasteiger partial charge in [0.15, 0.2) is 6.34 Å². The van der Waals surface area contributed by atoms with E-state index < -0.39 is 6.34 Å². The summed E-state index contributed by atoms with van der Waals surface area (Å²) in [6.45, 7) is 6.66. The molecule has 2 heterocycles. The number of rotatable bonds is 3. The van der Waals surface area contributed by atoms with Crippen molar-refractivity contribution in [2.45, 2.75) is 26.2 Å². The van der Waals surface area contributed by atoms with Gasteiger partial charge >= 0.3 is 0 Å². The van der Waals surface area contributed by atoms with Crippen LogP contribution in [0.1, 0.15) is 25.0 Å². The fourth-order valence-electron chi connectivity index (χ4n) is 4.72. The summed E-state index contributed by atoms with van der Waals surface area (Å²) in [6.07, 6.45) is -0.531. The highest BCUT2D eigenvalue weighted by atomic mass is 32.4. The van der Waals surface area contributed by atoms with Crippen molar-refractivity contribution in [1.29, 1.82) is 0 Å². The quantitative estimate of drug-likeness (QED) is 0.434. The van der Waals surface area contributed by atoms with Crippen molar-refractivity contribution in [3.63, 3.8) is 0 Å². The number of benzene rings is 3. The molecular weight excluding hydrogens is 431 g/mol. The molecule has 0 radical (unpaired) electrons. The molecule has 4 nitrogen and oxygen atoms in total. The summed E-state index contributed by atoms with van der Waals surface area (Å²) >= 11 is 6.53. The maximum atomic E-state index is 6.53. The van der Waals surface area contributed by atoms with Crippen LogP contribution in [0.5, 0.6) is 0 Å². The van der Waals surface area contributed by atoms with Crippen molar-refractivity contribution in [3.05, 3.63) is 101 Å². The maximum Gasteiger partial charge on any atom is 0.174 e. The average Bonchev–Trinajstić information content (AvgIpc) is 3.21. The third kappa shape index (κ3) is 3.19. The number of likely N-dealkylation sites (N-methyl/N-ethyl adjacent to an activating group) is 1. The Kier molecular flexibility index (Phi) is 4.99. The summed E-state index contributed by atoms with van der Waals surface area (Å²) in [4.78, 5) is 2.29. The van der Waals surface area contributed by atoms with E-state index in [4.69, 9.17) is 16.9 Å². The SMILES string of the molecule is Cc1ccc(NP2(=S)/C(=C3/N(C)c4ccccc4C3(C)C)C=NN2c2ccccc2)cc1. The van der Waals surface area contributed by atoms with Crippen LogP contribution in [0.2, 0.25) is 0 Å². The number of nitrogens with zero attached hydrogens (tertiary/aromatic N) is 3. The minimum Gasteiger partial charge on any atom is -0.346 e.